The predicted molar refractivity (Wildman–Crippen MR) is 130 cm³/mol. The molecule has 0 aromatic carbocycles. The van der Waals surface area contributed by atoms with Crippen molar-refractivity contribution >= 4 is 50.5 Å². The zero-order valence-corrected chi connectivity index (χ0v) is 20.4. The summed E-state index contributed by atoms with van der Waals surface area (Å²) in [4.78, 5) is 34.6. The molecule has 3 heterocycles. The summed E-state index contributed by atoms with van der Waals surface area (Å²) in [5, 5.41) is 5.87. The summed E-state index contributed by atoms with van der Waals surface area (Å²) in [7, 11) is 3.44. The molecule has 1 aliphatic carbocycles. The second kappa shape index (κ2) is 10.1. The molecule has 1 N–H and O–H groups in total. The van der Waals surface area contributed by atoms with Gasteiger partial charge in [0.25, 0.3) is 0 Å². The van der Waals surface area contributed by atoms with Crippen LogP contribution in [0.25, 0.3) is 10.2 Å². The molecular formula is C24H29N3O3S2. The number of thiophene rings is 2. The molecular weight excluding hydrogens is 442 g/mol. The van der Waals surface area contributed by atoms with Crippen molar-refractivity contribution in [1.29, 1.82) is 0 Å². The number of nitrogens with one attached hydrogen (secondary N) is 1. The Kier molecular flexibility index (Phi) is 7.23. The van der Waals surface area contributed by atoms with Crippen molar-refractivity contribution < 1.29 is 14.3 Å². The molecule has 0 saturated heterocycles. The molecule has 0 spiro atoms. The fourth-order valence-corrected chi connectivity index (χ4v) is 6.19. The highest BCUT2D eigenvalue weighted by atomic mass is 32.1. The van der Waals surface area contributed by atoms with Gasteiger partial charge in [0.05, 0.1) is 18.5 Å². The van der Waals surface area contributed by atoms with E-state index < -0.39 is 5.97 Å². The van der Waals surface area contributed by atoms with Crippen LogP contribution >= 0.6 is 22.7 Å². The van der Waals surface area contributed by atoms with Gasteiger partial charge in [0, 0.05) is 29.3 Å². The first kappa shape index (κ1) is 22.9. The minimum absolute atomic E-state index is 0.0460. The SMILES string of the molecule is COC(=O)c1sc2nc(CN(C)C(C)c3cccs3)ccc2c1NC(=O)CC1CCCC1. The molecule has 3 aromatic heterocycles. The molecule has 1 fully saturated rings. The van der Waals surface area contributed by atoms with Crippen LogP contribution in [0.15, 0.2) is 29.6 Å². The van der Waals surface area contributed by atoms with E-state index in [1.54, 1.807) is 11.3 Å². The number of methoxy groups -OCH3 is 1. The number of rotatable bonds is 8. The van der Waals surface area contributed by atoms with E-state index in [1.165, 1.54) is 36.2 Å². The maximum Gasteiger partial charge on any atom is 0.350 e. The summed E-state index contributed by atoms with van der Waals surface area (Å²) >= 11 is 3.02. The molecule has 170 valence electrons. The van der Waals surface area contributed by atoms with Crippen LogP contribution < -0.4 is 5.32 Å². The van der Waals surface area contributed by atoms with Gasteiger partial charge >= 0.3 is 5.97 Å². The van der Waals surface area contributed by atoms with Gasteiger partial charge in [-0.15, -0.1) is 22.7 Å². The number of esters is 1. The minimum Gasteiger partial charge on any atom is -0.465 e. The van der Waals surface area contributed by atoms with Crippen molar-refractivity contribution in [2.75, 3.05) is 19.5 Å². The first-order valence-electron chi connectivity index (χ1n) is 11.0. The standard InChI is InChI=1S/C24H29N3O3S2/c1-15(19-9-6-12-31-19)27(2)14-17-10-11-18-21(22(24(29)30-3)32-23(18)25-17)26-20(28)13-16-7-4-5-8-16/h6,9-12,15-16H,4-5,7-8,13-14H2,1-3H3,(H,26,28). The van der Waals surface area contributed by atoms with Gasteiger partial charge in [-0.1, -0.05) is 18.9 Å². The Hall–Kier alpha value is -2.29. The largest absolute Gasteiger partial charge is 0.465 e. The van der Waals surface area contributed by atoms with Crippen LogP contribution in [-0.2, 0) is 16.1 Å². The number of carbonyl (C=O) groups is 2. The zero-order chi connectivity index (χ0) is 22.7. The van der Waals surface area contributed by atoms with Gasteiger partial charge in [0.2, 0.25) is 5.91 Å². The van der Waals surface area contributed by atoms with E-state index in [4.69, 9.17) is 9.72 Å². The van der Waals surface area contributed by atoms with Gasteiger partial charge < -0.3 is 10.1 Å². The van der Waals surface area contributed by atoms with Gasteiger partial charge in [-0.2, -0.15) is 0 Å². The Morgan fingerprint density at radius 3 is 2.75 bits per heavy atom. The number of aromatic nitrogens is 1. The molecule has 1 unspecified atom stereocenters. The van der Waals surface area contributed by atoms with Crippen LogP contribution in [0.3, 0.4) is 0 Å². The molecule has 1 atom stereocenters. The van der Waals surface area contributed by atoms with Gasteiger partial charge in [-0.05, 0) is 56.3 Å². The lowest BCUT2D eigenvalue weighted by Crippen LogP contribution is -2.21. The second-order valence-electron chi connectivity index (χ2n) is 8.46. The summed E-state index contributed by atoms with van der Waals surface area (Å²) in [6.45, 7) is 2.87. The number of anilines is 1. The molecule has 4 rings (SSSR count). The van der Waals surface area contributed by atoms with Crippen LogP contribution in [0.1, 0.15) is 65.3 Å². The Morgan fingerprint density at radius 2 is 2.06 bits per heavy atom. The van der Waals surface area contributed by atoms with E-state index in [2.05, 4.69) is 41.7 Å². The van der Waals surface area contributed by atoms with E-state index >= 15 is 0 Å². The number of hydrogen-bond donors (Lipinski definition) is 1. The van der Waals surface area contributed by atoms with Crippen molar-refractivity contribution in [3.63, 3.8) is 0 Å². The average molecular weight is 472 g/mol. The lowest BCUT2D eigenvalue weighted by atomic mass is 10.0. The molecule has 8 heteroatoms. The van der Waals surface area contributed by atoms with Crippen LogP contribution in [0, 0.1) is 5.92 Å². The fourth-order valence-electron chi connectivity index (χ4n) is 4.27. The number of fused-ring (bicyclic) bond motifs is 1. The molecule has 0 bridgehead atoms. The van der Waals surface area contributed by atoms with Gasteiger partial charge in [-0.25, -0.2) is 9.78 Å². The molecule has 0 aliphatic heterocycles. The normalized spacial score (nSPS) is 15.4. The van der Waals surface area contributed by atoms with E-state index in [1.807, 2.05) is 12.1 Å². The lowest BCUT2D eigenvalue weighted by Gasteiger charge is -2.23. The van der Waals surface area contributed by atoms with Crippen LogP contribution in [0.2, 0.25) is 0 Å². The Bertz CT molecular complexity index is 1090. The quantitative estimate of drug-likeness (QED) is 0.417. The fraction of sp³-hybridized carbons (Fsp3) is 0.458. The third-order valence-corrected chi connectivity index (χ3v) is 8.35. The van der Waals surface area contributed by atoms with E-state index in [9.17, 15) is 9.59 Å². The number of nitrogens with zero attached hydrogens (tertiary/aromatic N) is 2. The maximum atomic E-state index is 12.7. The van der Waals surface area contributed by atoms with Crippen LogP contribution in [0.4, 0.5) is 5.69 Å². The Balaban J connectivity index is 1.56. The molecule has 1 amide bonds. The first-order valence-corrected chi connectivity index (χ1v) is 12.7. The molecule has 0 radical (unpaired) electrons. The van der Waals surface area contributed by atoms with E-state index in [-0.39, 0.29) is 11.9 Å². The smallest absolute Gasteiger partial charge is 0.350 e. The number of amides is 1. The molecule has 1 saturated carbocycles. The summed E-state index contributed by atoms with van der Waals surface area (Å²) in [5.74, 6) is -0.0587. The summed E-state index contributed by atoms with van der Waals surface area (Å²) < 4.78 is 4.97. The number of carbonyl (C=O) groups excluding carboxylic acids is 2. The van der Waals surface area contributed by atoms with Crippen LogP contribution in [-0.4, -0.2) is 35.9 Å². The van der Waals surface area contributed by atoms with Crippen LogP contribution in [0.5, 0.6) is 0 Å². The zero-order valence-electron chi connectivity index (χ0n) is 18.7. The lowest BCUT2D eigenvalue weighted by molar-refractivity contribution is -0.117. The van der Waals surface area contributed by atoms with Crippen molar-refractivity contribution in [2.24, 2.45) is 5.92 Å². The first-order chi connectivity index (χ1) is 15.5. The van der Waals surface area contributed by atoms with Crippen molar-refractivity contribution in [3.8, 4) is 0 Å². The molecule has 3 aromatic rings. The summed E-state index contributed by atoms with van der Waals surface area (Å²) in [6.07, 6.45) is 5.08. The molecule has 6 nitrogen and oxygen atoms in total. The third-order valence-electron chi connectivity index (χ3n) is 6.22. The minimum atomic E-state index is -0.450. The maximum absolute atomic E-state index is 12.7. The highest BCUT2D eigenvalue weighted by Gasteiger charge is 2.24. The highest BCUT2D eigenvalue weighted by molar-refractivity contribution is 7.21. The predicted octanol–water partition coefficient (Wildman–Crippen LogP) is 5.86. The monoisotopic (exact) mass is 471 g/mol. The summed E-state index contributed by atoms with van der Waals surface area (Å²) in [6, 6.07) is 8.42. The molecule has 32 heavy (non-hydrogen) atoms. The Morgan fingerprint density at radius 1 is 1.28 bits per heavy atom. The number of pyridine rings is 1. The van der Waals surface area contributed by atoms with Crippen molar-refractivity contribution in [2.45, 2.75) is 51.6 Å². The van der Waals surface area contributed by atoms with E-state index in [0.717, 1.165) is 28.8 Å². The molecule has 1 aliphatic rings. The average Bonchev–Trinajstić information content (AvgIpc) is 3.54. The van der Waals surface area contributed by atoms with Gasteiger partial charge in [0.15, 0.2) is 0 Å². The Labute approximate surface area is 196 Å². The third kappa shape index (κ3) is 5.03. The van der Waals surface area contributed by atoms with Gasteiger partial charge in [0.1, 0.15) is 9.71 Å². The van der Waals surface area contributed by atoms with Gasteiger partial charge in [-0.3, -0.25) is 9.69 Å². The topological polar surface area (TPSA) is 71.5 Å². The second-order valence-corrected chi connectivity index (χ2v) is 10.4. The summed E-state index contributed by atoms with van der Waals surface area (Å²) in [5.41, 5.74) is 1.45. The highest BCUT2D eigenvalue weighted by Crippen LogP contribution is 2.37. The number of hydrogen-bond acceptors (Lipinski definition) is 7. The number of ether oxygens (including phenoxy) is 1. The van der Waals surface area contributed by atoms with Crippen molar-refractivity contribution in [3.05, 3.63) is 45.1 Å². The van der Waals surface area contributed by atoms with E-state index in [0.29, 0.717) is 29.4 Å². The van der Waals surface area contributed by atoms with Crippen molar-refractivity contribution in [1.82, 2.24) is 9.88 Å².